The maximum absolute atomic E-state index is 14.1. The quantitative estimate of drug-likeness (QED) is 0.811. The van der Waals surface area contributed by atoms with Crippen molar-refractivity contribution in [2.45, 2.75) is 18.3 Å². The Labute approximate surface area is 148 Å². The van der Waals surface area contributed by atoms with Gasteiger partial charge >= 0.3 is 12.1 Å². The summed E-state index contributed by atoms with van der Waals surface area (Å²) < 4.78 is 68.7. The molecule has 144 valence electrons. The van der Waals surface area contributed by atoms with Crippen LogP contribution in [0.1, 0.15) is 22.6 Å². The number of aromatic nitrogens is 3. The molecule has 0 saturated carbocycles. The molecule has 2 aromatic rings. The Morgan fingerprint density at radius 2 is 1.89 bits per heavy atom. The number of likely N-dealkylation sites (tertiary alicyclic amines) is 1. The first kappa shape index (κ1) is 18.7. The Bertz CT molecular complexity index is 913. The van der Waals surface area contributed by atoms with Crippen LogP contribution in [0.3, 0.4) is 0 Å². The Morgan fingerprint density at radius 3 is 2.44 bits per heavy atom. The lowest BCUT2D eigenvalue weighted by Gasteiger charge is -2.18. The van der Waals surface area contributed by atoms with Crippen LogP contribution in [-0.4, -0.2) is 55.6 Å². The Morgan fingerprint density at radius 1 is 1.22 bits per heavy atom. The summed E-state index contributed by atoms with van der Waals surface area (Å²) in [5.74, 6) is -4.18. The van der Waals surface area contributed by atoms with Crippen LogP contribution in [0.2, 0.25) is 0 Å². The van der Waals surface area contributed by atoms with Crippen molar-refractivity contribution in [2.24, 2.45) is 0 Å². The number of carbonyl (C=O) groups excluding carboxylic acids is 1. The number of carbonyl (C=O) groups is 2. The predicted molar refractivity (Wildman–Crippen MR) is 78.3 cm³/mol. The first-order valence-electron chi connectivity index (χ1n) is 7.54. The molecule has 1 aliphatic rings. The van der Waals surface area contributed by atoms with Crippen LogP contribution in [0.5, 0.6) is 0 Å². The minimum Gasteiger partial charge on any atom is -0.479 e. The van der Waals surface area contributed by atoms with Crippen molar-refractivity contribution in [3.63, 3.8) is 0 Å². The van der Waals surface area contributed by atoms with Gasteiger partial charge < -0.3 is 10.0 Å². The topological polar surface area (TPSA) is 88.3 Å². The van der Waals surface area contributed by atoms with Crippen molar-refractivity contribution in [3.05, 3.63) is 41.5 Å². The average Bonchev–Trinajstić information content (AvgIpc) is 3.19. The molecule has 1 saturated heterocycles. The number of aliphatic carboxylic acids is 1. The summed E-state index contributed by atoms with van der Waals surface area (Å²) >= 11 is 0. The van der Waals surface area contributed by atoms with Gasteiger partial charge in [-0.1, -0.05) is 17.3 Å². The fourth-order valence-electron chi connectivity index (χ4n) is 2.74. The molecule has 1 amide bonds. The summed E-state index contributed by atoms with van der Waals surface area (Å²) in [6, 6.07) is 4.45. The summed E-state index contributed by atoms with van der Waals surface area (Å²) in [5, 5.41) is 15.3. The third-order valence-electron chi connectivity index (χ3n) is 4.11. The second-order valence-corrected chi connectivity index (χ2v) is 5.89. The van der Waals surface area contributed by atoms with E-state index in [1.807, 2.05) is 0 Å². The van der Waals surface area contributed by atoms with Gasteiger partial charge in [0, 0.05) is 13.0 Å². The highest BCUT2D eigenvalue weighted by Gasteiger charge is 2.49. The molecule has 1 unspecified atom stereocenters. The number of hydrogen-bond acceptors (Lipinski definition) is 4. The highest BCUT2D eigenvalue weighted by Crippen LogP contribution is 2.35. The third-order valence-corrected chi connectivity index (χ3v) is 4.11. The lowest BCUT2D eigenvalue weighted by molar-refractivity contribution is -0.149. The highest BCUT2D eigenvalue weighted by molar-refractivity contribution is 5.94. The number of carboxylic acids is 1. The fraction of sp³-hybridized carbons (Fsp3) is 0.333. The van der Waals surface area contributed by atoms with Gasteiger partial charge in [-0.25, -0.2) is 18.3 Å². The van der Waals surface area contributed by atoms with E-state index in [1.54, 1.807) is 0 Å². The van der Waals surface area contributed by atoms with Crippen molar-refractivity contribution in [2.75, 3.05) is 13.1 Å². The van der Waals surface area contributed by atoms with E-state index in [0.29, 0.717) is 4.90 Å². The standard InChI is InChI=1S/C15H11F5N4O3/c16-8-3-1-2-4-9(8)24-11(15(18,19)20)10(21-22-24)12(25)23-6-5-14(17,7-23)13(26)27/h1-4H,5-7H2,(H,26,27). The van der Waals surface area contributed by atoms with Gasteiger partial charge in [-0.05, 0) is 12.1 Å². The van der Waals surface area contributed by atoms with Crippen LogP contribution in [0, 0.1) is 5.82 Å². The molecule has 0 radical (unpaired) electrons. The molecule has 7 nitrogen and oxygen atoms in total. The first-order chi connectivity index (χ1) is 12.5. The highest BCUT2D eigenvalue weighted by atomic mass is 19.4. The van der Waals surface area contributed by atoms with E-state index in [1.165, 1.54) is 12.1 Å². The molecular formula is C15H11F5N4O3. The molecule has 0 spiro atoms. The van der Waals surface area contributed by atoms with Crippen molar-refractivity contribution in [1.82, 2.24) is 19.9 Å². The van der Waals surface area contributed by atoms with Gasteiger partial charge in [0.1, 0.15) is 11.5 Å². The van der Waals surface area contributed by atoms with Gasteiger partial charge in [0.15, 0.2) is 11.4 Å². The van der Waals surface area contributed by atoms with Crippen molar-refractivity contribution < 1.29 is 36.6 Å². The Kier molecular flexibility index (Phi) is 4.36. The smallest absolute Gasteiger partial charge is 0.435 e. The van der Waals surface area contributed by atoms with Gasteiger partial charge in [-0.15, -0.1) is 5.10 Å². The van der Waals surface area contributed by atoms with E-state index in [-0.39, 0.29) is 4.68 Å². The summed E-state index contributed by atoms with van der Waals surface area (Å²) in [6.07, 6.45) is -5.70. The second kappa shape index (κ2) is 6.28. The van der Waals surface area contributed by atoms with Crippen molar-refractivity contribution in [3.8, 4) is 5.69 Å². The van der Waals surface area contributed by atoms with E-state index in [9.17, 15) is 31.5 Å². The van der Waals surface area contributed by atoms with E-state index < -0.39 is 66.1 Å². The van der Waals surface area contributed by atoms with Gasteiger partial charge in [0.05, 0.1) is 6.54 Å². The number of para-hydroxylation sites is 1. The molecule has 1 aromatic carbocycles. The molecule has 1 aromatic heterocycles. The van der Waals surface area contributed by atoms with Crippen molar-refractivity contribution >= 4 is 11.9 Å². The lowest BCUT2D eigenvalue weighted by Crippen LogP contribution is -2.39. The van der Waals surface area contributed by atoms with Crippen molar-refractivity contribution in [1.29, 1.82) is 0 Å². The SMILES string of the molecule is O=C(c1nnn(-c2ccccc2F)c1C(F)(F)F)N1CCC(F)(C(=O)O)C1. The van der Waals surface area contributed by atoms with Crippen LogP contribution in [0.4, 0.5) is 22.0 Å². The number of benzene rings is 1. The molecule has 1 fully saturated rings. The second-order valence-electron chi connectivity index (χ2n) is 5.89. The minimum atomic E-state index is -5.13. The van der Waals surface area contributed by atoms with Crippen LogP contribution >= 0.6 is 0 Å². The van der Waals surface area contributed by atoms with E-state index in [2.05, 4.69) is 10.3 Å². The maximum atomic E-state index is 14.1. The number of nitrogens with zero attached hydrogens (tertiary/aromatic N) is 4. The molecule has 1 atom stereocenters. The number of amides is 1. The molecule has 12 heteroatoms. The number of hydrogen-bond donors (Lipinski definition) is 1. The lowest BCUT2D eigenvalue weighted by atomic mass is 10.1. The monoisotopic (exact) mass is 390 g/mol. The number of rotatable bonds is 3. The predicted octanol–water partition coefficient (Wildman–Crippen LogP) is 2.06. The molecule has 0 aliphatic carbocycles. The van der Waals surface area contributed by atoms with Crippen LogP contribution in [0.15, 0.2) is 24.3 Å². The Balaban J connectivity index is 2.04. The summed E-state index contributed by atoms with van der Waals surface area (Å²) in [4.78, 5) is 23.9. The summed E-state index contributed by atoms with van der Waals surface area (Å²) in [6.45, 7) is -1.34. The van der Waals surface area contributed by atoms with Crippen LogP contribution in [-0.2, 0) is 11.0 Å². The molecule has 3 rings (SSSR count). The first-order valence-corrected chi connectivity index (χ1v) is 7.54. The van der Waals surface area contributed by atoms with E-state index in [0.717, 1.165) is 12.1 Å². The van der Waals surface area contributed by atoms with Gasteiger partial charge in [-0.2, -0.15) is 13.2 Å². The van der Waals surface area contributed by atoms with Gasteiger partial charge in [0.25, 0.3) is 5.91 Å². The van der Waals surface area contributed by atoms with E-state index in [4.69, 9.17) is 5.11 Å². The summed E-state index contributed by atoms with van der Waals surface area (Å²) in [7, 11) is 0. The minimum absolute atomic E-state index is 0.137. The maximum Gasteiger partial charge on any atom is 0.435 e. The van der Waals surface area contributed by atoms with Crippen LogP contribution in [0.25, 0.3) is 5.69 Å². The zero-order valence-electron chi connectivity index (χ0n) is 13.4. The number of halogens is 5. The normalized spacial score (nSPS) is 20.1. The number of alkyl halides is 4. The third kappa shape index (κ3) is 3.22. The molecule has 1 N–H and O–H groups in total. The number of carboxylic acid groups (broad SMARTS) is 1. The van der Waals surface area contributed by atoms with Gasteiger partial charge in [-0.3, -0.25) is 4.79 Å². The molecular weight excluding hydrogens is 379 g/mol. The summed E-state index contributed by atoms with van der Waals surface area (Å²) in [5.41, 5.74) is -6.14. The zero-order chi connectivity index (χ0) is 20.0. The van der Waals surface area contributed by atoms with E-state index >= 15 is 0 Å². The van der Waals surface area contributed by atoms with Crippen LogP contribution < -0.4 is 0 Å². The Hall–Kier alpha value is -3.05. The average molecular weight is 390 g/mol. The molecule has 27 heavy (non-hydrogen) atoms. The zero-order valence-corrected chi connectivity index (χ0v) is 13.4. The van der Waals surface area contributed by atoms with Gasteiger partial charge in [0.2, 0.25) is 5.67 Å². The largest absolute Gasteiger partial charge is 0.479 e. The molecule has 2 heterocycles. The molecule has 0 bridgehead atoms. The molecule has 1 aliphatic heterocycles. The fourth-order valence-corrected chi connectivity index (χ4v) is 2.74.